The Bertz CT molecular complexity index is 1100. The van der Waals surface area contributed by atoms with Gasteiger partial charge in [0.15, 0.2) is 5.13 Å². The molecule has 0 spiro atoms. The number of aryl methyl sites for hydroxylation is 2. The molecule has 29 heavy (non-hydrogen) atoms. The molecule has 0 bridgehead atoms. The van der Waals surface area contributed by atoms with Crippen molar-refractivity contribution in [2.24, 2.45) is 0 Å². The highest BCUT2D eigenvalue weighted by molar-refractivity contribution is 7.93. The van der Waals surface area contributed by atoms with Gasteiger partial charge in [0, 0.05) is 10.9 Å². The van der Waals surface area contributed by atoms with E-state index in [1.807, 2.05) is 25.3 Å². The van der Waals surface area contributed by atoms with E-state index in [2.05, 4.69) is 34.0 Å². The van der Waals surface area contributed by atoms with Crippen LogP contribution in [0.15, 0.2) is 52.7 Å². The zero-order chi connectivity index (χ0) is 20.4. The Morgan fingerprint density at radius 1 is 0.966 bits per heavy atom. The summed E-state index contributed by atoms with van der Waals surface area (Å²) in [5.41, 5.74) is 5.22. The zero-order valence-electron chi connectivity index (χ0n) is 16.8. The average Bonchev–Trinajstić information content (AvgIpc) is 3.18. The number of rotatable bonds is 5. The second-order valence-corrected chi connectivity index (χ2v) is 10.4. The van der Waals surface area contributed by atoms with Crippen molar-refractivity contribution in [3.8, 4) is 11.3 Å². The van der Waals surface area contributed by atoms with Crippen LogP contribution in [0.4, 0.5) is 5.13 Å². The monoisotopic (exact) mass is 426 g/mol. The van der Waals surface area contributed by atoms with Crippen LogP contribution in [0.25, 0.3) is 11.3 Å². The molecule has 0 aliphatic heterocycles. The van der Waals surface area contributed by atoms with Crippen molar-refractivity contribution in [1.82, 2.24) is 4.98 Å². The van der Waals surface area contributed by atoms with Crippen LogP contribution in [0, 0.1) is 13.8 Å². The number of sulfonamides is 1. The summed E-state index contributed by atoms with van der Waals surface area (Å²) in [6, 6.07) is 13.7. The van der Waals surface area contributed by atoms with E-state index in [1.165, 1.54) is 49.0 Å². The highest BCUT2D eigenvalue weighted by Gasteiger charge is 2.18. The van der Waals surface area contributed by atoms with E-state index in [4.69, 9.17) is 0 Å². The van der Waals surface area contributed by atoms with Crippen LogP contribution in [-0.2, 0) is 10.0 Å². The van der Waals surface area contributed by atoms with Gasteiger partial charge in [-0.1, -0.05) is 49.6 Å². The van der Waals surface area contributed by atoms with E-state index < -0.39 is 10.0 Å². The molecule has 1 saturated carbocycles. The number of nitrogens with one attached hydrogen (secondary N) is 1. The number of hydrogen-bond acceptors (Lipinski definition) is 4. The fourth-order valence-electron chi connectivity index (χ4n) is 3.87. The summed E-state index contributed by atoms with van der Waals surface area (Å²) < 4.78 is 28.0. The van der Waals surface area contributed by atoms with Crippen molar-refractivity contribution >= 4 is 26.5 Å². The van der Waals surface area contributed by atoms with Gasteiger partial charge in [0.1, 0.15) is 0 Å². The van der Waals surface area contributed by atoms with E-state index in [-0.39, 0.29) is 4.90 Å². The summed E-state index contributed by atoms with van der Waals surface area (Å²) >= 11 is 1.30. The molecule has 2 aromatic carbocycles. The van der Waals surface area contributed by atoms with Gasteiger partial charge in [-0.25, -0.2) is 13.4 Å². The Morgan fingerprint density at radius 2 is 1.69 bits per heavy atom. The molecular formula is C23H26N2O2S2. The van der Waals surface area contributed by atoms with E-state index in [0.29, 0.717) is 11.0 Å². The van der Waals surface area contributed by atoms with Gasteiger partial charge in [0.25, 0.3) is 10.0 Å². The Hall–Kier alpha value is -2.18. The minimum Gasteiger partial charge on any atom is -0.255 e. The fourth-order valence-corrected chi connectivity index (χ4v) is 5.93. The molecule has 4 nitrogen and oxygen atoms in total. The second-order valence-electron chi connectivity index (χ2n) is 7.85. The lowest BCUT2D eigenvalue weighted by atomic mass is 9.84. The van der Waals surface area contributed by atoms with Crippen LogP contribution < -0.4 is 4.72 Å². The molecule has 0 saturated heterocycles. The van der Waals surface area contributed by atoms with Crippen LogP contribution in [0.1, 0.15) is 54.7 Å². The average molecular weight is 427 g/mol. The topological polar surface area (TPSA) is 59.1 Å². The lowest BCUT2D eigenvalue weighted by Gasteiger charge is -2.22. The Morgan fingerprint density at radius 3 is 2.38 bits per heavy atom. The maximum atomic E-state index is 12.7. The number of anilines is 1. The van der Waals surface area contributed by atoms with Gasteiger partial charge in [-0.2, -0.15) is 0 Å². The summed E-state index contributed by atoms with van der Waals surface area (Å²) in [4.78, 5) is 4.76. The summed E-state index contributed by atoms with van der Waals surface area (Å²) in [7, 11) is -3.64. The smallest absolute Gasteiger partial charge is 0.255 e. The molecule has 0 radical (unpaired) electrons. The molecule has 3 aromatic rings. The van der Waals surface area contributed by atoms with Crippen molar-refractivity contribution < 1.29 is 8.42 Å². The quantitative estimate of drug-likeness (QED) is 0.523. The number of benzene rings is 2. The molecule has 6 heteroatoms. The van der Waals surface area contributed by atoms with E-state index >= 15 is 0 Å². The van der Waals surface area contributed by atoms with Crippen molar-refractivity contribution in [1.29, 1.82) is 0 Å². The molecule has 0 atom stereocenters. The summed E-state index contributed by atoms with van der Waals surface area (Å²) in [5, 5.41) is 2.28. The lowest BCUT2D eigenvalue weighted by molar-refractivity contribution is 0.443. The van der Waals surface area contributed by atoms with Crippen molar-refractivity contribution in [3.63, 3.8) is 0 Å². The third-order valence-electron chi connectivity index (χ3n) is 5.80. The maximum Gasteiger partial charge on any atom is 0.263 e. The molecular weight excluding hydrogens is 400 g/mol. The maximum absolute atomic E-state index is 12.7. The van der Waals surface area contributed by atoms with Gasteiger partial charge >= 0.3 is 0 Å². The highest BCUT2D eigenvalue weighted by Crippen LogP contribution is 2.34. The third kappa shape index (κ3) is 4.54. The molecule has 0 amide bonds. The number of aromatic nitrogens is 1. The summed E-state index contributed by atoms with van der Waals surface area (Å²) in [6.07, 6.45) is 6.56. The van der Waals surface area contributed by atoms with Crippen molar-refractivity contribution in [2.75, 3.05) is 4.72 Å². The fraction of sp³-hybridized carbons (Fsp3) is 0.348. The van der Waals surface area contributed by atoms with Gasteiger partial charge in [-0.15, -0.1) is 11.3 Å². The third-order valence-corrected chi connectivity index (χ3v) is 8.02. The predicted molar refractivity (Wildman–Crippen MR) is 120 cm³/mol. The zero-order valence-corrected chi connectivity index (χ0v) is 18.4. The Kier molecular flexibility index (Phi) is 5.74. The van der Waals surface area contributed by atoms with Crippen LogP contribution in [0.5, 0.6) is 0 Å². The molecule has 1 N–H and O–H groups in total. The Balaban J connectivity index is 1.50. The molecule has 0 unspecified atom stereocenters. The van der Waals surface area contributed by atoms with E-state index in [0.717, 1.165) is 22.4 Å². The molecule has 1 aliphatic rings. The molecule has 4 rings (SSSR count). The predicted octanol–water partition coefficient (Wildman–Crippen LogP) is 6.28. The van der Waals surface area contributed by atoms with Gasteiger partial charge in [0.05, 0.1) is 10.6 Å². The molecule has 1 heterocycles. The lowest BCUT2D eigenvalue weighted by Crippen LogP contribution is -2.13. The molecule has 1 aromatic heterocycles. The van der Waals surface area contributed by atoms with Crippen molar-refractivity contribution in [2.45, 2.75) is 56.8 Å². The van der Waals surface area contributed by atoms with Gasteiger partial charge < -0.3 is 0 Å². The van der Waals surface area contributed by atoms with E-state index in [9.17, 15) is 8.42 Å². The number of thiazole rings is 1. The second kappa shape index (κ2) is 8.28. The summed E-state index contributed by atoms with van der Waals surface area (Å²) in [5.74, 6) is 0.675. The van der Waals surface area contributed by atoms with Crippen molar-refractivity contribution in [3.05, 3.63) is 64.5 Å². The molecule has 1 aliphatic carbocycles. The largest absolute Gasteiger partial charge is 0.263 e. The normalized spacial score (nSPS) is 15.4. The first-order valence-electron chi connectivity index (χ1n) is 10.1. The van der Waals surface area contributed by atoms with Gasteiger partial charge in [-0.05, 0) is 61.4 Å². The first-order chi connectivity index (χ1) is 13.9. The number of nitrogens with zero attached hydrogens (tertiary/aromatic N) is 1. The van der Waals surface area contributed by atoms with Gasteiger partial charge in [-0.3, -0.25) is 4.72 Å². The van der Waals surface area contributed by atoms with Crippen LogP contribution >= 0.6 is 11.3 Å². The van der Waals surface area contributed by atoms with Crippen LogP contribution in [0.2, 0.25) is 0 Å². The summed E-state index contributed by atoms with van der Waals surface area (Å²) in [6.45, 7) is 3.87. The SMILES string of the molecule is Cc1ccc(S(=O)(=O)Nc2nc(-c3ccc(C4CCCCC4)cc3)cs2)cc1C. The van der Waals surface area contributed by atoms with Gasteiger partial charge in [0.2, 0.25) is 0 Å². The standard InChI is InChI=1S/C23H26N2O2S2/c1-16-8-13-21(14-17(16)2)29(26,27)25-23-24-22(15-28-23)20-11-9-19(10-12-20)18-6-4-3-5-7-18/h8-15,18H,3-7H2,1-2H3,(H,24,25). The first kappa shape index (κ1) is 20.1. The Labute approximate surface area is 177 Å². The molecule has 152 valence electrons. The minimum absolute atomic E-state index is 0.259. The molecule has 1 fully saturated rings. The van der Waals surface area contributed by atoms with Crippen LogP contribution in [0.3, 0.4) is 0 Å². The minimum atomic E-state index is -3.64. The van der Waals surface area contributed by atoms with E-state index in [1.54, 1.807) is 12.1 Å². The van der Waals surface area contributed by atoms with Crippen LogP contribution in [-0.4, -0.2) is 13.4 Å². The number of hydrogen-bond donors (Lipinski definition) is 1. The first-order valence-corrected chi connectivity index (χ1v) is 12.4. The highest BCUT2D eigenvalue weighted by atomic mass is 32.2.